The second kappa shape index (κ2) is 9.33. The molecule has 43 heavy (non-hydrogen) atoms. The number of rotatable bonds is 5. The van der Waals surface area contributed by atoms with Gasteiger partial charge in [0.25, 0.3) is 0 Å². The maximum absolute atomic E-state index is 15.8. The number of amides is 2. The van der Waals surface area contributed by atoms with Gasteiger partial charge in [-0.05, 0) is 45.5 Å². The molecule has 0 spiro atoms. The molecule has 206 valence electrons. The van der Waals surface area contributed by atoms with Gasteiger partial charge in [-0.2, -0.15) is 0 Å². The number of benzene rings is 5. The Kier molecular flexibility index (Phi) is 5.51. The van der Waals surface area contributed by atoms with Crippen molar-refractivity contribution in [3.8, 4) is 0 Å². The van der Waals surface area contributed by atoms with Gasteiger partial charge in [0.05, 0.1) is 28.4 Å². The third kappa shape index (κ3) is 3.13. The molecule has 4 nitrogen and oxygen atoms in total. The first-order valence-electron chi connectivity index (χ1n) is 14.6. The Labute approximate surface area is 249 Å². The molecule has 0 unspecified atom stereocenters. The van der Waals surface area contributed by atoms with Crippen LogP contribution in [0.15, 0.2) is 152 Å². The van der Waals surface area contributed by atoms with E-state index in [0.29, 0.717) is 5.69 Å². The van der Waals surface area contributed by atoms with Gasteiger partial charge in [-0.15, -0.1) is 0 Å². The molecule has 4 heteroatoms. The Bertz CT molecular complexity index is 1800. The SMILES string of the molecule is O=C1[C@H]2[C@H](C(=O)N1c1ccccc1)[C@@]1(c3ccccc3)C(=O)[C@@]2(c2ccccc2)C(c2ccccc2)=C1c1ccccc1. The zero-order valence-electron chi connectivity index (χ0n) is 23.3. The summed E-state index contributed by atoms with van der Waals surface area (Å²) < 4.78 is 0. The molecular weight excluding hydrogens is 530 g/mol. The second-order valence-corrected chi connectivity index (χ2v) is 11.5. The predicted molar refractivity (Wildman–Crippen MR) is 167 cm³/mol. The van der Waals surface area contributed by atoms with Crippen molar-refractivity contribution in [2.24, 2.45) is 11.8 Å². The number of ketones is 1. The highest BCUT2D eigenvalue weighted by atomic mass is 16.2. The molecule has 0 aromatic heterocycles. The summed E-state index contributed by atoms with van der Waals surface area (Å²) >= 11 is 0. The molecule has 5 aromatic rings. The zero-order chi connectivity index (χ0) is 29.2. The lowest BCUT2D eigenvalue weighted by molar-refractivity contribution is -0.130. The monoisotopic (exact) mass is 557 g/mol. The van der Waals surface area contributed by atoms with E-state index in [2.05, 4.69) is 0 Å². The van der Waals surface area contributed by atoms with Gasteiger partial charge in [-0.3, -0.25) is 14.4 Å². The Morgan fingerprint density at radius 3 is 1.12 bits per heavy atom. The number of hydrogen-bond acceptors (Lipinski definition) is 3. The molecule has 0 radical (unpaired) electrons. The molecule has 2 aliphatic carbocycles. The molecule has 2 fully saturated rings. The zero-order valence-corrected chi connectivity index (χ0v) is 23.3. The fourth-order valence-corrected chi connectivity index (χ4v) is 8.17. The van der Waals surface area contributed by atoms with Crippen molar-refractivity contribution < 1.29 is 14.4 Å². The minimum absolute atomic E-state index is 0.112. The van der Waals surface area contributed by atoms with Gasteiger partial charge in [0.15, 0.2) is 5.78 Å². The van der Waals surface area contributed by atoms with E-state index in [1.807, 2.05) is 140 Å². The summed E-state index contributed by atoms with van der Waals surface area (Å²) in [7, 11) is 0. The van der Waals surface area contributed by atoms with Gasteiger partial charge in [0, 0.05) is 0 Å². The highest BCUT2D eigenvalue weighted by Crippen LogP contribution is 2.74. The minimum atomic E-state index is -1.38. The number of carbonyl (C=O) groups excluding carboxylic acids is 3. The van der Waals surface area contributed by atoms with E-state index in [-0.39, 0.29) is 17.6 Å². The quantitative estimate of drug-likeness (QED) is 0.222. The van der Waals surface area contributed by atoms with E-state index in [1.54, 1.807) is 12.1 Å². The number of anilines is 1. The van der Waals surface area contributed by atoms with Gasteiger partial charge >= 0.3 is 0 Å². The molecule has 5 aromatic carbocycles. The van der Waals surface area contributed by atoms with E-state index in [0.717, 1.165) is 33.4 Å². The van der Waals surface area contributed by atoms with E-state index in [4.69, 9.17) is 0 Å². The van der Waals surface area contributed by atoms with Crippen LogP contribution >= 0.6 is 0 Å². The topological polar surface area (TPSA) is 54.5 Å². The van der Waals surface area contributed by atoms with Crippen molar-refractivity contribution in [3.63, 3.8) is 0 Å². The van der Waals surface area contributed by atoms with Crippen LogP contribution in [0.3, 0.4) is 0 Å². The number of para-hydroxylation sites is 1. The smallest absolute Gasteiger partial charge is 0.239 e. The van der Waals surface area contributed by atoms with Crippen LogP contribution in [-0.2, 0) is 25.2 Å². The molecule has 1 aliphatic heterocycles. The van der Waals surface area contributed by atoms with E-state index in [1.165, 1.54) is 4.90 Å². The molecule has 4 atom stereocenters. The van der Waals surface area contributed by atoms with Gasteiger partial charge < -0.3 is 0 Å². The molecule has 3 aliphatic rings. The van der Waals surface area contributed by atoms with Crippen LogP contribution < -0.4 is 4.90 Å². The van der Waals surface area contributed by atoms with Gasteiger partial charge in [0.2, 0.25) is 11.8 Å². The summed E-state index contributed by atoms with van der Waals surface area (Å²) in [4.78, 5) is 46.8. The van der Waals surface area contributed by atoms with Crippen LogP contribution in [-0.4, -0.2) is 17.6 Å². The van der Waals surface area contributed by atoms with Crippen LogP contribution in [0.2, 0.25) is 0 Å². The summed E-state index contributed by atoms with van der Waals surface area (Å²) in [6.45, 7) is 0. The Balaban J connectivity index is 1.57. The summed E-state index contributed by atoms with van der Waals surface area (Å²) in [5.41, 5.74) is 2.56. The molecule has 2 bridgehead atoms. The number of fused-ring (bicyclic) bond motifs is 5. The third-order valence-corrected chi connectivity index (χ3v) is 9.59. The number of allylic oxidation sites excluding steroid dienone is 2. The van der Waals surface area contributed by atoms with Crippen molar-refractivity contribution in [1.29, 1.82) is 0 Å². The fraction of sp³-hybridized carbons (Fsp3) is 0.103. The lowest BCUT2D eigenvalue weighted by Gasteiger charge is -2.39. The van der Waals surface area contributed by atoms with Gasteiger partial charge in [-0.25, -0.2) is 4.90 Å². The molecular formula is C39H27NO3. The molecule has 8 rings (SSSR count). The lowest BCUT2D eigenvalue weighted by Crippen LogP contribution is -2.45. The van der Waals surface area contributed by atoms with Crippen LogP contribution in [0.25, 0.3) is 11.1 Å². The lowest BCUT2D eigenvalue weighted by atomic mass is 9.59. The van der Waals surface area contributed by atoms with Crippen LogP contribution in [0.5, 0.6) is 0 Å². The molecule has 2 amide bonds. The molecule has 1 saturated carbocycles. The summed E-state index contributed by atoms with van der Waals surface area (Å²) in [5.74, 6) is -2.62. The maximum atomic E-state index is 15.8. The normalized spacial score (nSPS) is 25.9. The highest BCUT2D eigenvalue weighted by Gasteiger charge is 2.82. The minimum Gasteiger partial charge on any atom is -0.297 e. The first kappa shape index (κ1) is 25.4. The standard InChI is InChI=1S/C39H27NO3/c41-35-33-34(36(42)40(35)30-24-14-5-15-25-30)39(29-22-12-4-13-23-29)32(27-18-8-2-9-19-27)31(26-16-6-1-7-17-26)38(33,37(39)43)28-20-10-3-11-21-28/h1-25,33-34H/t33-,34-,38+,39+/m1/s1. The number of carbonyl (C=O) groups is 3. The number of nitrogens with zero attached hydrogens (tertiary/aromatic N) is 1. The fourth-order valence-electron chi connectivity index (χ4n) is 8.17. The molecule has 1 saturated heterocycles. The van der Waals surface area contributed by atoms with Crippen molar-refractivity contribution in [1.82, 2.24) is 0 Å². The van der Waals surface area contributed by atoms with E-state index in [9.17, 15) is 9.59 Å². The summed E-state index contributed by atoms with van der Waals surface area (Å²) in [6, 6.07) is 48.1. The van der Waals surface area contributed by atoms with Crippen LogP contribution in [0.4, 0.5) is 5.69 Å². The van der Waals surface area contributed by atoms with E-state index < -0.39 is 22.7 Å². The van der Waals surface area contributed by atoms with Crippen molar-refractivity contribution in [2.75, 3.05) is 4.90 Å². The number of hydrogen-bond donors (Lipinski definition) is 0. The molecule has 0 N–H and O–H groups in total. The first-order valence-corrected chi connectivity index (χ1v) is 14.6. The van der Waals surface area contributed by atoms with Crippen molar-refractivity contribution in [3.05, 3.63) is 174 Å². The van der Waals surface area contributed by atoms with Crippen LogP contribution in [0.1, 0.15) is 22.3 Å². The molecule has 1 heterocycles. The van der Waals surface area contributed by atoms with Crippen LogP contribution in [0, 0.1) is 11.8 Å². The predicted octanol–water partition coefficient (Wildman–Crippen LogP) is 6.88. The second-order valence-electron chi connectivity index (χ2n) is 11.5. The summed E-state index contributed by atoms with van der Waals surface area (Å²) in [6.07, 6.45) is 0. The average molecular weight is 558 g/mol. The Morgan fingerprint density at radius 2 is 0.744 bits per heavy atom. The third-order valence-electron chi connectivity index (χ3n) is 9.59. The Hall–Kier alpha value is -5.35. The highest BCUT2D eigenvalue weighted by molar-refractivity contribution is 6.39. The van der Waals surface area contributed by atoms with Crippen molar-refractivity contribution >= 4 is 34.4 Å². The first-order chi connectivity index (χ1) is 21.1. The van der Waals surface area contributed by atoms with Gasteiger partial charge in [-0.1, -0.05) is 140 Å². The Morgan fingerprint density at radius 1 is 0.419 bits per heavy atom. The maximum Gasteiger partial charge on any atom is 0.239 e. The van der Waals surface area contributed by atoms with Crippen molar-refractivity contribution in [2.45, 2.75) is 10.8 Å². The average Bonchev–Trinajstić information content (AvgIpc) is 3.59. The number of imide groups is 1. The van der Waals surface area contributed by atoms with E-state index >= 15 is 4.79 Å². The number of Topliss-reactive ketones (excluding diaryl/α,β-unsaturated/α-hetero) is 1. The summed E-state index contributed by atoms with van der Waals surface area (Å²) in [5, 5.41) is 0. The van der Waals surface area contributed by atoms with Gasteiger partial charge in [0.1, 0.15) is 0 Å². The largest absolute Gasteiger partial charge is 0.297 e.